The Morgan fingerprint density at radius 2 is 2.00 bits per heavy atom. The second-order valence-electron chi connectivity index (χ2n) is 5.96. The first kappa shape index (κ1) is 13.2. The van der Waals surface area contributed by atoms with Crippen LogP contribution in [0.4, 0.5) is 0 Å². The van der Waals surface area contributed by atoms with Gasteiger partial charge in [0.25, 0.3) is 0 Å². The summed E-state index contributed by atoms with van der Waals surface area (Å²) in [6.07, 6.45) is 5.16. The van der Waals surface area contributed by atoms with Crippen molar-refractivity contribution in [3.8, 4) is 5.75 Å². The number of nitrogens with one attached hydrogen (secondary N) is 1. The summed E-state index contributed by atoms with van der Waals surface area (Å²) < 4.78 is 0. The molecule has 2 heterocycles. The molecule has 2 saturated heterocycles. The molecule has 2 unspecified atom stereocenters. The van der Waals surface area contributed by atoms with Crippen molar-refractivity contribution in [3.63, 3.8) is 0 Å². The van der Waals surface area contributed by atoms with Crippen molar-refractivity contribution in [3.05, 3.63) is 28.8 Å². The smallest absolute Gasteiger partial charge is 0.134 e. The van der Waals surface area contributed by atoms with Crippen LogP contribution in [0.15, 0.2) is 18.2 Å². The molecule has 0 amide bonds. The van der Waals surface area contributed by atoms with Crippen LogP contribution in [0, 0.1) is 0 Å². The summed E-state index contributed by atoms with van der Waals surface area (Å²) in [5.74, 6) is 0.160. The molecule has 3 nitrogen and oxygen atoms in total. The lowest BCUT2D eigenvalue weighted by atomic mass is 9.98. The predicted molar refractivity (Wildman–Crippen MR) is 77.6 cm³/mol. The number of fused-ring (bicyclic) bond motifs is 2. The summed E-state index contributed by atoms with van der Waals surface area (Å²) in [6, 6.07) is 7.59. The minimum Gasteiger partial charge on any atom is -0.506 e. The largest absolute Gasteiger partial charge is 0.506 e. The van der Waals surface area contributed by atoms with E-state index in [-0.39, 0.29) is 5.75 Å². The number of phenols is 1. The van der Waals surface area contributed by atoms with Crippen molar-refractivity contribution in [1.82, 2.24) is 10.2 Å². The third kappa shape index (κ3) is 2.88. The molecule has 2 aliphatic heterocycles. The van der Waals surface area contributed by atoms with Crippen molar-refractivity contribution in [2.24, 2.45) is 0 Å². The number of nitrogens with zero attached hydrogens (tertiary/aromatic N) is 1. The molecule has 0 aromatic heterocycles. The molecule has 2 fully saturated rings. The van der Waals surface area contributed by atoms with E-state index in [0.29, 0.717) is 11.1 Å². The number of halogens is 1. The van der Waals surface area contributed by atoms with Crippen LogP contribution >= 0.6 is 11.6 Å². The molecule has 4 heteroatoms. The fraction of sp³-hybridized carbons (Fsp3) is 0.600. The van der Waals surface area contributed by atoms with E-state index in [2.05, 4.69) is 17.3 Å². The van der Waals surface area contributed by atoms with E-state index in [4.69, 9.17) is 11.6 Å². The fourth-order valence-electron chi connectivity index (χ4n) is 3.45. The number of hydrogen-bond donors (Lipinski definition) is 2. The van der Waals surface area contributed by atoms with Crippen molar-refractivity contribution in [2.45, 2.75) is 50.4 Å². The molecule has 0 spiro atoms. The minimum absolute atomic E-state index is 0.160. The van der Waals surface area contributed by atoms with Crippen LogP contribution in [0.25, 0.3) is 0 Å². The maximum absolute atomic E-state index is 9.45. The van der Waals surface area contributed by atoms with E-state index in [1.807, 2.05) is 12.1 Å². The number of benzene rings is 1. The Balaban J connectivity index is 1.64. The monoisotopic (exact) mass is 280 g/mol. The Morgan fingerprint density at radius 3 is 2.63 bits per heavy atom. The highest BCUT2D eigenvalue weighted by molar-refractivity contribution is 6.32. The standard InChI is InChI=1S/C15H21ClN2O/c1-18(9-10-2-5-15(19)14(16)6-10)13-7-11-3-4-12(8-13)17-11/h2,5-6,11-13,17,19H,3-4,7-9H2,1H3. The zero-order valence-electron chi connectivity index (χ0n) is 11.3. The van der Waals surface area contributed by atoms with Gasteiger partial charge in [-0.1, -0.05) is 17.7 Å². The van der Waals surface area contributed by atoms with E-state index in [1.165, 1.54) is 25.7 Å². The molecule has 0 aliphatic carbocycles. The molecule has 1 aromatic rings. The Hall–Kier alpha value is -0.770. The first-order valence-electron chi connectivity index (χ1n) is 7.05. The molecule has 104 valence electrons. The van der Waals surface area contributed by atoms with Gasteiger partial charge < -0.3 is 10.4 Å². The molecule has 2 N–H and O–H groups in total. The van der Waals surface area contributed by atoms with Gasteiger partial charge >= 0.3 is 0 Å². The normalized spacial score (nSPS) is 29.9. The summed E-state index contributed by atoms with van der Waals surface area (Å²) in [5.41, 5.74) is 1.16. The summed E-state index contributed by atoms with van der Waals surface area (Å²) in [6.45, 7) is 0.893. The number of hydrogen-bond acceptors (Lipinski definition) is 3. The first-order chi connectivity index (χ1) is 9.11. The average Bonchev–Trinajstić information content (AvgIpc) is 2.72. The van der Waals surface area contributed by atoms with E-state index in [0.717, 1.165) is 24.2 Å². The van der Waals surface area contributed by atoms with Gasteiger partial charge in [-0.3, -0.25) is 4.90 Å². The molecular formula is C15H21ClN2O. The van der Waals surface area contributed by atoms with Crippen LogP contribution in [-0.2, 0) is 6.54 Å². The SMILES string of the molecule is CN(Cc1ccc(O)c(Cl)c1)C1CC2CCC(C1)N2. The lowest BCUT2D eigenvalue weighted by molar-refractivity contribution is 0.166. The number of phenolic OH excluding ortho intramolecular Hbond substituents is 1. The first-order valence-corrected chi connectivity index (χ1v) is 7.43. The Kier molecular flexibility index (Phi) is 3.70. The molecule has 0 radical (unpaired) electrons. The lowest BCUT2D eigenvalue weighted by Crippen LogP contribution is -2.46. The van der Waals surface area contributed by atoms with Crippen LogP contribution in [0.1, 0.15) is 31.2 Å². The van der Waals surface area contributed by atoms with Crippen LogP contribution in [-0.4, -0.2) is 35.2 Å². The van der Waals surface area contributed by atoms with Crippen LogP contribution in [0.2, 0.25) is 5.02 Å². The van der Waals surface area contributed by atoms with Gasteiger partial charge in [-0.15, -0.1) is 0 Å². The van der Waals surface area contributed by atoms with E-state index < -0.39 is 0 Å². The molecule has 2 bridgehead atoms. The third-order valence-corrected chi connectivity index (χ3v) is 4.82. The van der Waals surface area contributed by atoms with Gasteiger partial charge in [0.15, 0.2) is 0 Å². The van der Waals surface area contributed by atoms with Crippen molar-refractivity contribution < 1.29 is 5.11 Å². The van der Waals surface area contributed by atoms with Gasteiger partial charge in [-0.25, -0.2) is 0 Å². The molecule has 3 rings (SSSR count). The number of aromatic hydroxyl groups is 1. The van der Waals surface area contributed by atoms with Crippen molar-refractivity contribution in [1.29, 1.82) is 0 Å². The molecule has 0 saturated carbocycles. The Labute approximate surface area is 119 Å². The lowest BCUT2D eigenvalue weighted by Gasteiger charge is -2.35. The highest BCUT2D eigenvalue weighted by Crippen LogP contribution is 2.30. The highest BCUT2D eigenvalue weighted by Gasteiger charge is 2.34. The zero-order chi connectivity index (χ0) is 13.4. The maximum atomic E-state index is 9.45. The quantitative estimate of drug-likeness (QED) is 0.894. The summed E-state index contributed by atoms with van der Waals surface area (Å²) >= 11 is 5.96. The van der Waals surface area contributed by atoms with Crippen LogP contribution in [0.3, 0.4) is 0 Å². The maximum Gasteiger partial charge on any atom is 0.134 e. The Morgan fingerprint density at radius 1 is 1.32 bits per heavy atom. The third-order valence-electron chi connectivity index (χ3n) is 4.52. The highest BCUT2D eigenvalue weighted by atomic mass is 35.5. The van der Waals surface area contributed by atoms with E-state index >= 15 is 0 Å². The van der Waals surface area contributed by atoms with Gasteiger partial charge in [0.05, 0.1) is 5.02 Å². The Bertz CT molecular complexity index is 453. The molecular weight excluding hydrogens is 260 g/mol. The second-order valence-corrected chi connectivity index (χ2v) is 6.37. The van der Waals surface area contributed by atoms with Crippen LogP contribution < -0.4 is 5.32 Å². The van der Waals surface area contributed by atoms with Crippen molar-refractivity contribution >= 4 is 11.6 Å². The van der Waals surface area contributed by atoms with Crippen molar-refractivity contribution in [2.75, 3.05) is 7.05 Å². The molecule has 1 aromatic carbocycles. The molecule has 2 atom stereocenters. The molecule has 19 heavy (non-hydrogen) atoms. The fourth-order valence-corrected chi connectivity index (χ4v) is 3.66. The zero-order valence-corrected chi connectivity index (χ0v) is 12.0. The number of piperidine rings is 1. The van der Waals surface area contributed by atoms with Gasteiger partial charge in [0, 0.05) is 24.7 Å². The summed E-state index contributed by atoms with van der Waals surface area (Å²) in [4.78, 5) is 2.43. The van der Waals surface area contributed by atoms with Crippen LogP contribution in [0.5, 0.6) is 5.75 Å². The van der Waals surface area contributed by atoms with E-state index in [9.17, 15) is 5.11 Å². The number of rotatable bonds is 3. The summed E-state index contributed by atoms with van der Waals surface area (Å²) in [5, 5.41) is 13.6. The van der Waals surface area contributed by atoms with E-state index in [1.54, 1.807) is 6.07 Å². The topological polar surface area (TPSA) is 35.5 Å². The predicted octanol–water partition coefficient (Wildman–Crippen LogP) is 2.76. The second kappa shape index (κ2) is 5.31. The van der Waals surface area contributed by atoms with Gasteiger partial charge in [-0.05, 0) is 50.4 Å². The van der Waals surface area contributed by atoms with Gasteiger partial charge in [0.2, 0.25) is 0 Å². The average molecular weight is 281 g/mol. The van der Waals surface area contributed by atoms with Gasteiger partial charge in [-0.2, -0.15) is 0 Å². The molecule has 2 aliphatic rings. The van der Waals surface area contributed by atoms with Gasteiger partial charge in [0.1, 0.15) is 5.75 Å². The minimum atomic E-state index is 0.160. The summed E-state index contributed by atoms with van der Waals surface area (Å²) in [7, 11) is 2.19.